The molecule has 6 heteroatoms. The number of carbonyl (C=O) groups is 2. The van der Waals surface area contributed by atoms with E-state index in [2.05, 4.69) is 5.32 Å². The summed E-state index contributed by atoms with van der Waals surface area (Å²) in [4.78, 5) is 28.1. The van der Waals surface area contributed by atoms with Crippen molar-refractivity contribution >= 4 is 22.8 Å². The highest BCUT2D eigenvalue weighted by Crippen LogP contribution is 2.33. The van der Waals surface area contributed by atoms with Gasteiger partial charge in [0.15, 0.2) is 0 Å². The average Bonchev–Trinajstić information content (AvgIpc) is 2.57. The summed E-state index contributed by atoms with van der Waals surface area (Å²) >= 11 is 0. The fourth-order valence-corrected chi connectivity index (χ4v) is 3.37. The number of benzene rings is 1. The molecule has 0 fully saturated rings. The average molecular weight is 327 g/mol. The van der Waals surface area contributed by atoms with Crippen molar-refractivity contribution in [3.8, 4) is 0 Å². The molecule has 0 saturated heterocycles. The van der Waals surface area contributed by atoms with Gasteiger partial charge in [-0.1, -0.05) is 18.2 Å². The number of aliphatic carboxylic acids is 1. The highest BCUT2D eigenvalue weighted by atomic mass is 16.4. The van der Waals surface area contributed by atoms with Gasteiger partial charge >= 0.3 is 5.97 Å². The molecule has 0 spiro atoms. The Bertz CT molecular complexity index is 803. The molecule has 1 aliphatic carbocycles. The van der Waals surface area contributed by atoms with Crippen LogP contribution in [-0.4, -0.2) is 28.0 Å². The Morgan fingerprint density at radius 3 is 2.67 bits per heavy atom. The summed E-state index contributed by atoms with van der Waals surface area (Å²) in [5.74, 6) is -1.60. The van der Waals surface area contributed by atoms with Gasteiger partial charge in [-0.15, -0.1) is 0 Å². The van der Waals surface area contributed by atoms with Gasteiger partial charge in [0.1, 0.15) is 12.1 Å². The third-order valence-electron chi connectivity index (χ3n) is 4.57. The molecule has 4 N–H and O–H groups in total. The van der Waals surface area contributed by atoms with Gasteiger partial charge in [0.05, 0.1) is 5.52 Å². The molecular formula is C18H21N3O3. The fourth-order valence-electron chi connectivity index (χ4n) is 3.37. The normalized spacial score (nSPS) is 16.4. The van der Waals surface area contributed by atoms with Crippen molar-refractivity contribution in [1.29, 1.82) is 0 Å². The van der Waals surface area contributed by atoms with Gasteiger partial charge in [-0.25, -0.2) is 0 Å². The maximum Gasteiger partial charge on any atom is 0.320 e. The zero-order valence-electron chi connectivity index (χ0n) is 13.6. The van der Waals surface area contributed by atoms with Gasteiger partial charge in [0, 0.05) is 11.1 Å². The predicted molar refractivity (Wildman–Crippen MR) is 90.6 cm³/mol. The number of aromatic nitrogens is 1. The van der Waals surface area contributed by atoms with Crippen molar-refractivity contribution in [2.75, 3.05) is 0 Å². The first-order valence-electron chi connectivity index (χ1n) is 8.17. The van der Waals surface area contributed by atoms with Gasteiger partial charge in [-0.3, -0.25) is 19.9 Å². The highest BCUT2D eigenvalue weighted by Gasteiger charge is 2.29. The number of primary amides is 1. The molecule has 0 bridgehead atoms. The molecule has 126 valence electrons. The van der Waals surface area contributed by atoms with Crippen LogP contribution in [0.3, 0.4) is 0 Å². The molecule has 0 aliphatic heterocycles. The second kappa shape index (κ2) is 6.57. The van der Waals surface area contributed by atoms with Crippen LogP contribution in [0.2, 0.25) is 0 Å². The molecule has 0 radical (unpaired) electrons. The number of para-hydroxylation sites is 1. The molecule has 1 amide bonds. The number of pyridine rings is 1. The van der Waals surface area contributed by atoms with Crippen molar-refractivity contribution in [1.82, 2.24) is 10.3 Å². The Hall–Kier alpha value is -2.47. The second-order valence-corrected chi connectivity index (χ2v) is 6.24. The van der Waals surface area contributed by atoms with E-state index in [9.17, 15) is 14.7 Å². The smallest absolute Gasteiger partial charge is 0.320 e. The predicted octanol–water partition coefficient (Wildman–Crippen LogP) is 1.70. The lowest BCUT2D eigenvalue weighted by Crippen LogP contribution is -2.43. The monoisotopic (exact) mass is 327 g/mol. The van der Waals surface area contributed by atoms with Crippen LogP contribution in [-0.2, 0) is 22.4 Å². The van der Waals surface area contributed by atoms with Crippen LogP contribution < -0.4 is 11.1 Å². The first kappa shape index (κ1) is 16.4. The maximum absolute atomic E-state index is 12.1. The van der Waals surface area contributed by atoms with Gasteiger partial charge in [0.2, 0.25) is 5.91 Å². The molecular weight excluding hydrogens is 306 g/mol. The van der Waals surface area contributed by atoms with Crippen molar-refractivity contribution in [2.45, 2.75) is 44.7 Å². The number of nitrogens with zero attached hydrogens (tertiary/aromatic N) is 1. The summed E-state index contributed by atoms with van der Waals surface area (Å²) in [6.45, 7) is 1.51. The van der Waals surface area contributed by atoms with Crippen molar-refractivity contribution in [3.05, 3.63) is 41.1 Å². The molecule has 3 rings (SSSR count). The summed E-state index contributed by atoms with van der Waals surface area (Å²) in [6.07, 6.45) is 3.79. The minimum Gasteiger partial charge on any atom is -0.480 e. The molecule has 1 aromatic heterocycles. The number of hydrogen-bond acceptors (Lipinski definition) is 4. The van der Waals surface area contributed by atoms with Crippen LogP contribution in [0, 0.1) is 0 Å². The van der Waals surface area contributed by atoms with E-state index in [-0.39, 0.29) is 0 Å². The molecule has 6 nitrogen and oxygen atoms in total. The van der Waals surface area contributed by atoms with Gasteiger partial charge in [0.25, 0.3) is 0 Å². The number of carboxylic acid groups (broad SMARTS) is 1. The first-order valence-corrected chi connectivity index (χ1v) is 8.17. The minimum absolute atomic E-state index is 0.577. The Balaban J connectivity index is 2.20. The molecule has 0 saturated carbocycles. The Kier molecular flexibility index (Phi) is 4.49. The highest BCUT2D eigenvalue weighted by molar-refractivity contribution is 5.92. The van der Waals surface area contributed by atoms with Crippen LogP contribution in [0.5, 0.6) is 0 Å². The van der Waals surface area contributed by atoms with E-state index in [1.165, 1.54) is 6.92 Å². The summed E-state index contributed by atoms with van der Waals surface area (Å²) in [6, 6.07) is 5.88. The molecule has 24 heavy (non-hydrogen) atoms. The van der Waals surface area contributed by atoms with Crippen LogP contribution >= 0.6 is 0 Å². The number of carboxylic acids is 1. The quantitative estimate of drug-likeness (QED) is 0.775. The van der Waals surface area contributed by atoms with E-state index >= 15 is 0 Å². The molecule has 2 aromatic rings. The Morgan fingerprint density at radius 2 is 1.96 bits per heavy atom. The number of nitrogens with two attached hydrogens (primary N) is 1. The van der Waals surface area contributed by atoms with Crippen LogP contribution in [0.25, 0.3) is 10.9 Å². The minimum atomic E-state index is -1.02. The topological polar surface area (TPSA) is 105 Å². The Labute approximate surface area is 140 Å². The zero-order valence-corrected chi connectivity index (χ0v) is 13.6. The first-order chi connectivity index (χ1) is 11.5. The lowest BCUT2D eigenvalue weighted by molar-refractivity contribution is -0.139. The molecule has 1 aromatic carbocycles. The van der Waals surface area contributed by atoms with E-state index in [1.807, 2.05) is 24.3 Å². The lowest BCUT2D eigenvalue weighted by atomic mass is 9.86. The van der Waals surface area contributed by atoms with E-state index in [1.54, 1.807) is 0 Å². The summed E-state index contributed by atoms with van der Waals surface area (Å²) < 4.78 is 0. The number of rotatable bonds is 5. The van der Waals surface area contributed by atoms with Gasteiger partial charge in [-0.2, -0.15) is 0 Å². The van der Waals surface area contributed by atoms with Gasteiger partial charge in [-0.05, 0) is 49.8 Å². The molecule has 1 aliphatic rings. The number of carbonyl (C=O) groups excluding carboxylic acids is 1. The number of hydrogen-bond donors (Lipinski definition) is 3. The summed E-state index contributed by atoms with van der Waals surface area (Å²) in [7, 11) is 0. The molecule has 1 heterocycles. The van der Waals surface area contributed by atoms with Crippen molar-refractivity contribution in [3.63, 3.8) is 0 Å². The third kappa shape index (κ3) is 2.97. The fraction of sp³-hybridized carbons (Fsp3) is 0.389. The van der Waals surface area contributed by atoms with Gasteiger partial charge < -0.3 is 10.8 Å². The summed E-state index contributed by atoms with van der Waals surface area (Å²) in [5, 5.41) is 12.9. The number of amides is 1. The SMILES string of the molecule is C[C@H](NC(C(N)=O)c1c2c(nc3ccccc13)CCCC2)C(=O)O. The number of fused-ring (bicyclic) bond motifs is 2. The lowest BCUT2D eigenvalue weighted by Gasteiger charge is -2.26. The van der Waals surface area contributed by atoms with Crippen LogP contribution in [0.1, 0.15) is 42.6 Å². The zero-order chi connectivity index (χ0) is 17.3. The van der Waals surface area contributed by atoms with E-state index < -0.39 is 24.0 Å². The standard InChI is InChI=1S/C18H21N3O3/c1-10(18(23)24)20-16(17(19)22)15-11-6-2-4-8-13(11)21-14-9-5-3-7-12(14)15/h2,4,6,8,10,16,20H,3,5,7,9H2,1H3,(H2,19,22)(H,23,24)/t10-,16?/m0/s1. The largest absolute Gasteiger partial charge is 0.480 e. The Morgan fingerprint density at radius 1 is 1.25 bits per heavy atom. The molecule has 2 atom stereocenters. The molecule has 1 unspecified atom stereocenters. The van der Waals surface area contributed by atoms with Crippen molar-refractivity contribution in [2.24, 2.45) is 5.73 Å². The van der Waals surface area contributed by atoms with Crippen LogP contribution in [0.4, 0.5) is 0 Å². The number of aryl methyl sites for hydroxylation is 1. The van der Waals surface area contributed by atoms with Crippen molar-refractivity contribution < 1.29 is 14.7 Å². The summed E-state index contributed by atoms with van der Waals surface area (Å²) in [5.41, 5.74) is 9.25. The maximum atomic E-state index is 12.1. The van der Waals surface area contributed by atoms with Crippen LogP contribution in [0.15, 0.2) is 24.3 Å². The van der Waals surface area contributed by atoms with E-state index in [4.69, 9.17) is 10.7 Å². The number of nitrogens with one attached hydrogen (secondary N) is 1. The van der Waals surface area contributed by atoms with E-state index in [0.717, 1.165) is 53.4 Å². The third-order valence-corrected chi connectivity index (χ3v) is 4.57. The van der Waals surface area contributed by atoms with E-state index in [0.29, 0.717) is 0 Å². The second-order valence-electron chi connectivity index (χ2n) is 6.24.